The molecule has 0 fully saturated rings. The molecule has 0 aliphatic rings. The van der Waals surface area contributed by atoms with Crippen LogP contribution in [0.4, 0.5) is 5.82 Å². The number of rotatable bonds is 9. The summed E-state index contributed by atoms with van der Waals surface area (Å²) >= 11 is 0. The number of nitrogens with zero attached hydrogens (tertiary/aromatic N) is 3. The van der Waals surface area contributed by atoms with E-state index in [9.17, 15) is 0 Å². The van der Waals surface area contributed by atoms with Crippen molar-refractivity contribution >= 4 is 5.82 Å². The zero-order chi connectivity index (χ0) is 14.1. The molecular weight excluding hydrogens is 236 g/mol. The van der Waals surface area contributed by atoms with Crippen molar-refractivity contribution in [3.05, 3.63) is 23.9 Å². The molecule has 0 aromatic carbocycles. The Morgan fingerprint density at radius 2 is 1.95 bits per heavy atom. The molecule has 4 nitrogen and oxygen atoms in total. The molecule has 0 amide bonds. The minimum atomic E-state index is 0.891. The third kappa shape index (κ3) is 5.57. The number of likely N-dealkylation sites (N-methyl/N-ethyl adjacent to an activating group) is 1. The second kappa shape index (κ2) is 8.88. The number of hydrogen-bond acceptors (Lipinski definition) is 4. The van der Waals surface area contributed by atoms with Crippen LogP contribution in [0.5, 0.6) is 0 Å². The van der Waals surface area contributed by atoms with E-state index in [1.54, 1.807) is 0 Å². The highest BCUT2D eigenvalue weighted by molar-refractivity contribution is 5.46. The van der Waals surface area contributed by atoms with Gasteiger partial charge in [0.05, 0.1) is 0 Å². The van der Waals surface area contributed by atoms with Gasteiger partial charge >= 0.3 is 0 Å². The maximum Gasteiger partial charge on any atom is 0.133 e. The molecule has 19 heavy (non-hydrogen) atoms. The van der Waals surface area contributed by atoms with Gasteiger partial charge in [0.1, 0.15) is 5.82 Å². The summed E-state index contributed by atoms with van der Waals surface area (Å²) in [7, 11) is 4.23. The third-order valence-electron chi connectivity index (χ3n) is 3.04. The highest BCUT2D eigenvalue weighted by Crippen LogP contribution is 2.17. The zero-order valence-corrected chi connectivity index (χ0v) is 12.8. The summed E-state index contributed by atoms with van der Waals surface area (Å²) in [5.41, 5.74) is 1.29. The van der Waals surface area contributed by atoms with Crippen molar-refractivity contribution in [3.63, 3.8) is 0 Å². The van der Waals surface area contributed by atoms with Crippen molar-refractivity contribution < 1.29 is 0 Å². The minimum Gasteiger partial charge on any atom is -0.355 e. The van der Waals surface area contributed by atoms with Crippen molar-refractivity contribution in [1.29, 1.82) is 0 Å². The predicted molar refractivity (Wildman–Crippen MR) is 82.7 cm³/mol. The van der Waals surface area contributed by atoms with Gasteiger partial charge in [-0.2, -0.15) is 0 Å². The van der Waals surface area contributed by atoms with Gasteiger partial charge < -0.3 is 15.1 Å². The van der Waals surface area contributed by atoms with Gasteiger partial charge in [0.25, 0.3) is 0 Å². The fraction of sp³-hybridized carbons (Fsp3) is 0.667. The fourth-order valence-electron chi connectivity index (χ4n) is 2.03. The van der Waals surface area contributed by atoms with Gasteiger partial charge in [-0.15, -0.1) is 0 Å². The molecule has 0 unspecified atom stereocenters. The quantitative estimate of drug-likeness (QED) is 0.739. The lowest BCUT2D eigenvalue weighted by Gasteiger charge is -2.27. The van der Waals surface area contributed by atoms with Gasteiger partial charge in [0.15, 0.2) is 0 Å². The monoisotopic (exact) mass is 264 g/mol. The Balaban J connectivity index is 2.81. The molecule has 1 aromatic rings. The summed E-state index contributed by atoms with van der Waals surface area (Å²) in [6.45, 7) is 9.36. The van der Waals surface area contributed by atoms with Crippen LogP contribution in [0.2, 0.25) is 0 Å². The van der Waals surface area contributed by atoms with E-state index in [0.29, 0.717) is 0 Å². The van der Waals surface area contributed by atoms with Crippen LogP contribution in [0.25, 0.3) is 0 Å². The van der Waals surface area contributed by atoms with Crippen LogP contribution in [0, 0.1) is 0 Å². The first-order valence-corrected chi connectivity index (χ1v) is 7.23. The number of pyridine rings is 1. The molecule has 4 heteroatoms. The Morgan fingerprint density at radius 3 is 2.58 bits per heavy atom. The maximum atomic E-state index is 4.60. The molecule has 1 rings (SSSR count). The minimum absolute atomic E-state index is 0.891. The predicted octanol–water partition coefficient (Wildman–Crippen LogP) is 1.97. The first-order valence-electron chi connectivity index (χ1n) is 7.23. The van der Waals surface area contributed by atoms with Gasteiger partial charge in [-0.3, -0.25) is 0 Å². The van der Waals surface area contributed by atoms with Crippen molar-refractivity contribution in [2.75, 3.05) is 45.2 Å². The van der Waals surface area contributed by atoms with Gasteiger partial charge in [-0.25, -0.2) is 4.98 Å². The van der Waals surface area contributed by atoms with E-state index >= 15 is 0 Å². The summed E-state index contributed by atoms with van der Waals surface area (Å²) in [6, 6.07) is 4.19. The highest BCUT2D eigenvalue weighted by Gasteiger charge is 2.11. The zero-order valence-electron chi connectivity index (χ0n) is 12.8. The summed E-state index contributed by atoms with van der Waals surface area (Å²) in [6.07, 6.45) is 3.04. The van der Waals surface area contributed by atoms with Crippen LogP contribution in [0.3, 0.4) is 0 Å². The molecule has 108 valence electrons. The summed E-state index contributed by atoms with van der Waals surface area (Å²) in [4.78, 5) is 9.21. The van der Waals surface area contributed by atoms with Crippen molar-refractivity contribution in [2.24, 2.45) is 0 Å². The van der Waals surface area contributed by atoms with E-state index in [1.165, 1.54) is 5.56 Å². The van der Waals surface area contributed by atoms with Crippen LogP contribution in [-0.2, 0) is 6.54 Å². The average Bonchev–Trinajstić information content (AvgIpc) is 2.41. The normalized spacial score (nSPS) is 11.0. The lowest BCUT2D eigenvalue weighted by Crippen LogP contribution is -2.34. The van der Waals surface area contributed by atoms with Crippen LogP contribution >= 0.6 is 0 Å². The first-order chi connectivity index (χ1) is 9.19. The van der Waals surface area contributed by atoms with E-state index in [1.807, 2.05) is 12.3 Å². The number of hydrogen-bond donors (Lipinski definition) is 1. The summed E-state index contributed by atoms with van der Waals surface area (Å²) in [5.74, 6) is 1.13. The van der Waals surface area contributed by atoms with E-state index < -0.39 is 0 Å². The van der Waals surface area contributed by atoms with Gasteiger partial charge in [-0.05, 0) is 33.1 Å². The van der Waals surface area contributed by atoms with Crippen molar-refractivity contribution in [1.82, 2.24) is 15.2 Å². The lowest BCUT2D eigenvalue weighted by molar-refractivity contribution is 0.412. The molecule has 0 atom stereocenters. The fourth-order valence-corrected chi connectivity index (χ4v) is 2.03. The third-order valence-corrected chi connectivity index (χ3v) is 3.04. The second-order valence-corrected chi connectivity index (χ2v) is 5.06. The Bertz CT molecular complexity index is 352. The second-order valence-electron chi connectivity index (χ2n) is 5.06. The van der Waals surface area contributed by atoms with Crippen LogP contribution < -0.4 is 10.2 Å². The summed E-state index contributed by atoms with van der Waals surface area (Å²) < 4.78 is 0. The van der Waals surface area contributed by atoms with E-state index in [4.69, 9.17) is 0 Å². The highest BCUT2D eigenvalue weighted by atomic mass is 15.2. The molecule has 1 N–H and O–H groups in total. The molecule has 0 spiro atoms. The molecule has 0 radical (unpaired) electrons. The molecule has 0 saturated carbocycles. The van der Waals surface area contributed by atoms with Gasteiger partial charge in [0, 0.05) is 37.9 Å². The van der Waals surface area contributed by atoms with Crippen LogP contribution in [0.1, 0.15) is 25.8 Å². The van der Waals surface area contributed by atoms with E-state index in [-0.39, 0.29) is 0 Å². The molecule has 0 bridgehead atoms. The van der Waals surface area contributed by atoms with E-state index in [2.05, 4.69) is 54.1 Å². The Labute approximate surface area is 117 Å². The Morgan fingerprint density at radius 1 is 1.16 bits per heavy atom. The van der Waals surface area contributed by atoms with Crippen LogP contribution in [0.15, 0.2) is 18.3 Å². The SMILES string of the molecule is CCCN(CCN(C)C)c1ncccc1CNCC. The average molecular weight is 264 g/mol. The van der Waals surface area contributed by atoms with Gasteiger partial charge in [-0.1, -0.05) is 19.9 Å². The smallest absolute Gasteiger partial charge is 0.133 e. The van der Waals surface area contributed by atoms with Gasteiger partial charge in [0.2, 0.25) is 0 Å². The van der Waals surface area contributed by atoms with Crippen molar-refractivity contribution in [3.8, 4) is 0 Å². The molecular formula is C15H28N4. The molecule has 0 aliphatic carbocycles. The molecule has 0 aliphatic heterocycles. The number of nitrogens with one attached hydrogen (secondary N) is 1. The van der Waals surface area contributed by atoms with Crippen LogP contribution in [-0.4, -0.2) is 50.2 Å². The first kappa shape index (κ1) is 15.9. The molecule has 0 saturated heterocycles. The van der Waals surface area contributed by atoms with E-state index in [0.717, 1.165) is 45.0 Å². The summed E-state index contributed by atoms with van der Waals surface area (Å²) in [5, 5.41) is 3.39. The standard InChI is InChI=1S/C15H28N4/c1-5-10-19(12-11-18(3)4)15-14(13-16-6-2)8-7-9-17-15/h7-9,16H,5-6,10-13H2,1-4H3. The Hall–Kier alpha value is -1.13. The Kier molecular flexibility index (Phi) is 7.45. The maximum absolute atomic E-state index is 4.60. The lowest BCUT2D eigenvalue weighted by atomic mass is 10.2. The van der Waals surface area contributed by atoms with Crippen molar-refractivity contribution in [2.45, 2.75) is 26.8 Å². The molecule has 1 aromatic heterocycles. The molecule has 1 heterocycles. The number of anilines is 1. The topological polar surface area (TPSA) is 31.4 Å². The largest absolute Gasteiger partial charge is 0.355 e. The number of aromatic nitrogens is 1.